The number of halogens is 3. The first kappa shape index (κ1) is 12.9. The highest BCUT2D eigenvalue weighted by atomic mass is 19.4. The van der Waals surface area contributed by atoms with Gasteiger partial charge in [-0.25, -0.2) is 0 Å². The molecule has 0 bridgehead atoms. The monoisotopic (exact) mass is 257 g/mol. The number of hydrogen-bond acceptors (Lipinski definition) is 1. The lowest BCUT2D eigenvalue weighted by atomic mass is 9.98. The Balaban J connectivity index is 2.42. The van der Waals surface area contributed by atoms with Crippen LogP contribution in [-0.4, -0.2) is 17.4 Å². The zero-order chi connectivity index (χ0) is 13.3. The van der Waals surface area contributed by atoms with Crippen LogP contribution in [0.5, 0.6) is 0 Å². The average Bonchev–Trinajstić information content (AvgIpc) is 2.76. The molecule has 18 heavy (non-hydrogen) atoms. The molecule has 0 spiro atoms. The maximum atomic E-state index is 12.9. The van der Waals surface area contributed by atoms with Crippen molar-refractivity contribution in [3.05, 3.63) is 35.4 Å². The van der Waals surface area contributed by atoms with Crippen LogP contribution in [0.4, 0.5) is 13.2 Å². The van der Waals surface area contributed by atoms with E-state index in [1.165, 1.54) is 24.0 Å². The topological polar surface area (TPSA) is 20.3 Å². The minimum atomic E-state index is -4.37. The minimum absolute atomic E-state index is 0.172. The van der Waals surface area contributed by atoms with Crippen molar-refractivity contribution in [3.8, 4) is 0 Å². The lowest BCUT2D eigenvalue weighted by molar-refractivity contribution is -0.140. The Morgan fingerprint density at radius 3 is 2.61 bits per heavy atom. The van der Waals surface area contributed by atoms with Crippen LogP contribution >= 0.6 is 0 Å². The molecule has 1 aliphatic rings. The molecule has 1 heterocycles. The molecule has 0 saturated carbocycles. The lowest BCUT2D eigenvalue weighted by Crippen LogP contribution is -2.29. The molecule has 0 N–H and O–H groups in total. The first-order chi connectivity index (χ1) is 8.41. The van der Waals surface area contributed by atoms with Crippen molar-refractivity contribution in [1.29, 1.82) is 0 Å². The van der Waals surface area contributed by atoms with Crippen molar-refractivity contribution in [1.82, 2.24) is 4.90 Å². The van der Waals surface area contributed by atoms with E-state index in [9.17, 15) is 18.0 Å². The number of nitrogens with zero attached hydrogens (tertiary/aromatic N) is 1. The molecule has 1 atom stereocenters. The van der Waals surface area contributed by atoms with Gasteiger partial charge in [0, 0.05) is 13.5 Å². The second kappa shape index (κ2) is 4.63. The molecule has 2 rings (SSSR count). The third kappa shape index (κ3) is 2.35. The van der Waals surface area contributed by atoms with Gasteiger partial charge in [0.25, 0.3) is 0 Å². The van der Waals surface area contributed by atoms with Crippen LogP contribution in [0.25, 0.3) is 0 Å². The molecular formula is C13H14F3NO. The number of hydrogen-bond donors (Lipinski definition) is 0. The van der Waals surface area contributed by atoms with Gasteiger partial charge in [-0.15, -0.1) is 0 Å². The number of rotatable bonds is 1. The van der Waals surface area contributed by atoms with E-state index in [0.29, 0.717) is 13.0 Å². The van der Waals surface area contributed by atoms with Crippen LogP contribution in [0, 0.1) is 0 Å². The maximum Gasteiger partial charge on any atom is 0.416 e. The highest BCUT2D eigenvalue weighted by Gasteiger charge is 2.38. The zero-order valence-electron chi connectivity index (χ0n) is 10.00. The van der Waals surface area contributed by atoms with Gasteiger partial charge in [-0.3, -0.25) is 4.79 Å². The molecule has 1 saturated heterocycles. The third-order valence-electron chi connectivity index (χ3n) is 3.28. The summed E-state index contributed by atoms with van der Waals surface area (Å²) in [5, 5.41) is 0. The van der Waals surface area contributed by atoms with E-state index >= 15 is 0 Å². The summed E-state index contributed by atoms with van der Waals surface area (Å²) in [6, 6.07) is 5.06. The molecule has 0 aliphatic carbocycles. The van der Waals surface area contributed by atoms with Crippen LogP contribution in [0.2, 0.25) is 0 Å². The van der Waals surface area contributed by atoms with Crippen molar-refractivity contribution >= 4 is 5.91 Å². The summed E-state index contributed by atoms with van der Waals surface area (Å²) in [4.78, 5) is 13.0. The predicted molar refractivity (Wildman–Crippen MR) is 60.8 cm³/mol. The fraction of sp³-hybridized carbons (Fsp3) is 0.462. The van der Waals surface area contributed by atoms with Crippen molar-refractivity contribution in [2.45, 2.75) is 32.0 Å². The fourth-order valence-corrected chi connectivity index (χ4v) is 2.51. The second-order valence-electron chi connectivity index (χ2n) is 4.46. The van der Waals surface area contributed by atoms with E-state index < -0.39 is 17.8 Å². The standard InChI is InChI=1S/C13H14F3NO/c1-9(18)17-8-4-7-12(17)10-5-2-3-6-11(10)13(14,15)16/h2-3,5-6,12H,4,7-8H2,1H3/t12-/m0/s1. The van der Waals surface area contributed by atoms with Gasteiger partial charge in [-0.1, -0.05) is 18.2 Å². The van der Waals surface area contributed by atoms with Crippen molar-refractivity contribution in [2.24, 2.45) is 0 Å². The molecule has 0 unspecified atom stereocenters. The normalized spacial score (nSPS) is 20.2. The summed E-state index contributed by atoms with van der Waals surface area (Å²) in [6.45, 7) is 1.93. The lowest BCUT2D eigenvalue weighted by Gasteiger charge is -2.26. The third-order valence-corrected chi connectivity index (χ3v) is 3.28. The van der Waals surface area contributed by atoms with Gasteiger partial charge in [0.05, 0.1) is 11.6 Å². The van der Waals surface area contributed by atoms with Crippen molar-refractivity contribution < 1.29 is 18.0 Å². The Bertz CT molecular complexity index is 456. The summed E-state index contributed by atoms with van der Waals surface area (Å²) < 4.78 is 38.8. The number of benzene rings is 1. The highest BCUT2D eigenvalue weighted by Crippen LogP contribution is 2.40. The van der Waals surface area contributed by atoms with Gasteiger partial charge in [0.15, 0.2) is 0 Å². The Labute approximate surface area is 103 Å². The molecule has 1 fully saturated rings. The summed E-state index contributed by atoms with van der Waals surface area (Å²) in [6.07, 6.45) is -3.04. The molecule has 98 valence electrons. The molecule has 0 aromatic heterocycles. The van der Waals surface area contributed by atoms with E-state index in [1.54, 1.807) is 6.07 Å². The first-order valence-electron chi connectivity index (χ1n) is 5.84. The summed E-state index contributed by atoms with van der Waals surface area (Å²) in [5.41, 5.74) is -0.430. The van der Waals surface area contributed by atoms with Gasteiger partial charge in [-0.2, -0.15) is 13.2 Å². The van der Waals surface area contributed by atoms with Gasteiger partial charge in [-0.05, 0) is 24.5 Å². The first-order valence-corrected chi connectivity index (χ1v) is 5.84. The van der Waals surface area contributed by atoms with Crippen molar-refractivity contribution in [2.75, 3.05) is 6.54 Å². The number of alkyl halides is 3. The molecule has 0 radical (unpaired) electrons. The predicted octanol–water partition coefficient (Wildman–Crippen LogP) is 3.39. The van der Waals surface area contributed by atoms with Crippen LogP contribution < -0.4 is 0 Å². The van der Waals surface area contributed by atoms with E-state index in [0.717, 1.165) is 12.5 Å². The molecule has 1 aromatic rings. The van der Waals surface area contributed by atoms with Crippen LogP contribution in [0.1, 0.15) is 36.9 Å². The van der Waals surface area contributed by atoms with E-state index in [-0.39, 0.29) is 11.5 Å². The molecule has 5 heteroatoms. The number of carbonyl (C=O) groups is 1. The minimum Gasteiger partial charge on any atom is -0.336 e. The van der Waals surface area contributed by atoms with Crippen LogP contribution in [-0.2, 0) is 11.0 Å². The van der Waals surface area contributed by atoms with Crippen LogP contribution in [0.15, 0.2) is 24.3 Å². The quantitative estimate of drug-likeness (QED) is 0.755. The smallest absolute Gasteiger partial charge is 0.336 e. The number of likely N-dealkylation sites (tertiary alicyclic amines) is 1. The Kier molecular flexibility index (Phi) is 3.32. The molecule has 1 aromatic carbocycles. The zero-order valence-corrected chi connectivity index (χ0v) is 10.00. The Hall–Kier alpha value is -1.52. The second-order valence-corrected chi connectivity index (χ2v) is 4.46. The molecule has 1 aliphatic heterocycles. The molecule has 1 amide bonds. The SMILES string of the molecule is CC(=O)N1CCC[C@H]1c1ccccc1C(F)(F)F. The number of carbonyl (C=O) groups excluding carboxylic acids is 1. The molecule has 2 nitrogen and oxygen atoms in total. The summed E-state index contributed by atoms with van der Waals surface area (Å²) in [7, 11) is 0. The summed E-state index contributed by atoms with van der Waals surface area (Å²) >= 11 is 0. The van der Waals surface area contributed by atoms with E-state index in [1.807, 2.05) is 0 Å². The fourth-order valence-electron chi connectivity index (χ4n) is 2.51. The average molecular weight is 257 g/mol. The van der Waals surface area contributed by atoms with Crippen LogP contribution in [0.3, 0.4) is 0 Å². The van der Waals surface area contributed by atoms with E-state index in [2.05, 4.69) is 0 Å². The summed E-state index contributed by atoms with van der Waals surface area (Å²) in [5.74, 6) is -0.172. The Morgan fingerprint density at radius 1 is 1.33 bits per heavy atom. The van der Waals surface area contributed by atoms with Gasteiger partial charge in [0.1, 0.15) is 0 Å². The van der Waals surface area contributed by atoms with Crippen molar-refractivity contribution in [3.63, 3.8) is 0 Å². The number of amides is 1. The highest BCUT2D eigenvalue weighted by molar-refractivity contribution is 5.74. The molecular weight excluding hydrogens is 243 g/mol. The Morgan fingerprint density at radius 2 is 2.00 bits per heavy atom. The van der Waals surface area contributed by atoms with Gasteiger partial charge >= 0.3 is 6.18 Å². The largest absolute Gasteiger partial charge is 0.416 e. The van der Waals surface area contributed by atoms with Gasteiger partial charge in [0.2, 0.25) is 5.91 Å². The van der Waals surface area contributed by atoms with Gasteiger partial charge < -0.3 is 4.90 Å². The van der Waals surface area contributed by atoms with E-state index in [4.69, 9.17) is 0 Å². The maximum absolute atomic E-state index is 12.9.